The van der Waals surface area contributed by atoms with E-state index in [4.69, 9.17) is 9.47 Å². The lowest BCUT2D eigenvalue weighted by molar-refractivity contribution is -0.220. The van der Waals surface area contributed by atoms with Crippen molar-refractivity contribution < 1.29 is 39.2 Å². The number of fused-ring (bicyclic) bond motifs is 3. The molecule has 0 saturated heterocycles. The molecule has 0 radical (unpaired) electrons. The highest BCUT2D eigenvalue weighted by Gasteiger charge is 2.67. The van der Waals surface area contributed by atoms with Crippen LogP contribution in [0.1, 0.15) is 59.4 Å². The van der Waals surface area contributed by atoms with Gasteiger partial charge in [0.2, 0.25) is 0 Å². The summed E-state index contributed by atoms with van der Waals surface area (Å²) in [6.45, 7) is 12.1. The van der Waals surface area contributed by atoms with E-state index in [1.165, 1.54) is 13.0 Å². The molecule has 8 nitrogen and oxygen atoms in total. The molecule has 0 aromatic heterocycles. The molecule has 2 fully saturated rings. The van der Waals surface area contributed by atoms with Crippen LogP contribution in [0.15, 0.2) is 59.7 Å². The third-order valence-electron chi connectivity index (χ3n) is 9.29. The number of rotatable bonds is 4. The summed E-state index contributed by atoms with van der Waals surface area (Å²) in [4.78, 5) is 38.0. The lowest BCUT2D eigenvalue weighted by atomic mass is 9.48. The number of hydrogen-bond acceptors (Lipinski definition) is 8. The van der Waals surface area contributed by atoms with Crippen molar-refractivity contribution in [1.82, 2.24) is 0 Å². The number of benzene rings is 1. The smallest absolute Gasteiger partial charge is 0.331 e. The molecular weight excluding hydrogens is 500 g/mol. The number of Topliss-reactive ketones (excluding diaryl/α,β-unsaturated/α-hetero) is 1. The van der Waals surface area contributed by atoms with Crippen LogP contribution in [0.5, 0.6) is 0 Å². The Morgan fingerprint density at radius 2 is 1.72 bits per heavy atom. The van der Waals surface area contributed by atoms with Crippen molar-refractivity contribution in [2.24, 2.45) is 16.7 Å². The van der Waals surface area contributed by atoms with Crippen LogP contribution in [-0.4, -0.2) is 63.1 Å². The zero-order valence-electron chi connectivity index (χ0n) is 23.1. The van der Waals surface area contributed by atoms with Gasteiger partial charge in [-0.05, 0) is 48.1 Å². The van der Waals surface area contributed by atoms with E-state index in [-0.39, 0.29) is 12.8 Å². The molecule has 0 amide bonds. The van der Waals surface area contributed by atoms with E-state index in [0.29, 0.717) is 23.1 Å². The third-order valence-corrected chi connectivity index (χ3v) is 9.29. The second-order valence-corrected chi connectivity index (χ2v) is 11.9. The van der Waals surface area contributed by atoms with Crippen molar-refractivity contribution in [3.8, 4) is 0 Å². The maximum absolute atomic E-state index is 13.1. The maximum atomic E-state index is 13.1. The van der Waals surface area contributed by atoms with Crippen LogP contribution >= 0.6 is 0 Å². The molecule has 0 aliphatic heterocycles. The molecule has 3 aliphatic rings. The molecule has 210 valence electrons. The van der Waals surface area contributed by atoms with Crippen LogP contribution in [0.4, 0.5) is 0 Å². The van der Waals surface area contributed by atoms with E-state index in [0.717, 1.165) is 5.56 Å². The monoisotopic (exact) mass is 538 g/mol. The van der Waals surface area contributed by atoms with E-state index in [1.54, 1.807) is 33.8 Å². The zero-order chi connectivity index (χ0) is 28.9. The van der Waals surface area contributed by atoms with Crippen molar-refractivity contribution in [3.63, 3.8) is 0 Å². The summed E-state index contributed by atoms with van der Waals surface area (Å²) >= 11 is 0. The van der Waals surface area contributed by atoms with Gasteiger partial charge in [-0.2, -0.15) is 0 Å². The molecule has 1 aromatic rings. The Bertz CT molecular complexity index is 1240. The Labute approximate surface area is 229 Å². The number of carbonyl (C=O) groups is 3. The largest absolute Gasteiger partial charge is 0.455 e. The molecule has 7 atom stereocenters. The first kappa shape index (κ1) is 28.9. The van der Waals surface area contributed by atoms with Crippen molar-refractivity contribution in [3.05, 3.63) is 65.3 Å². The van der Waals surface area contributed by atoms with Crippen molar-refractivity contribution in [2.75, 3.05) is 0 Å². The maximum Gasteiger partial charge on any atom is 0.331 e. The van der Waals surface area contributed by atoms with E-state index in [2.05, 4.69) is 6.58 Å². The first-order valence-corrected chi connectivity index (χ1v) is 13.3. The van der Waals surface area contributed by atoms with Gasteiger partial charge in [0.05, 0.1) is 6.10 Å². The number of hydrogen-bond donors (Lipinski definition) is 3. The molecule has 39 heavy (non-hydrogen) atoms. The Morgan fingerprint density at radius 1 is 1.08 bits per heavy atom. The van der Waals surface area contributed by atoms with Crippen LogP contribution < -0.4 is 0 Å². The molecule has 2 bridgehead atoms. The minimum atomic E-state index is -1.97. The van der Waals surface area contributed by atoms with Gasteiger partial charge in [-0.3, -0.25) is 9.59 Å². The van der Waals surface area contributed by atoms with Gasteiger partial charge in [-0.25, -0.2) is 4.79 Å². The summed E-state index contributed by atoms with van der Waals surface area (Å²) in [5.74, 6) is -2.63. The number of aliphatic hydroxyl groups is 3. The van der Waals surface area contributed by atoms with E-state index in [1.807, 2.05) is 30.3 Å². The van der Waals surface area contributed by atoms with Gasteiger partial charge >= 0.3 is 11.9 Å². The Hall–Kier alpha value is -3.07. The summed E-state index contributed by atoms with van der Waals surface area (Å²) in [5.41, 5.74) is -2.60. The molecule has 8 heteroatoms. The van der Waals surface area contributed by atoms with E-state index in [9.17, 15) is 29.7 Å². The molecule has 0 spiro atoms. The van der Waals surface area contributed by atoms with Crippen LogP contribution in [-0.2, 0) is 23.9 Å². The first-order chi connectivity index (χ1) is 18.1. The summed E-state index contributed by atoms with van der Waals surface area (Å²) in [7, 11) is 0. The highest BCUT2D eigenvalue weighted by molar-refractivity contribution is 5.98. The SMILES string of the molecule is C=C1[C@@H](OC(=O)C=Cc2ccccc2)CC[C@]2(C)[C@@H](O)[C@H](OC(C)=O)C3=C(C)C(=O)C[C@@](O)([C@@H](O)[C@H]12)C3(C)C. The second-order valence-electron chi connectivity index (χ2n) is 11.9. The highest BCUT2D eigenvalue weighted by Crippen LogP contribution is 2.60. The molecule has 4 rings (SSSR count). The molecule has 0 unspecified atom stereocenters. The number of esters is 2. The Morgan fingerprint density at radius 3 is 2.33 bits per heavy atom. The van der Waals surface area contributed by atoms with Crippen LogP contribution in [0, 0.1) is 16.7 Å². The fourth-order valence-corrected chi connectivity index (χ4v) is 6.92. The number of aliphatic hydroxyl groups excluding tert-OH is 2. The minimum Gasteiger partial charge on any atom is -0.455 e. The summed E-state index contributed by atoms with van der Waals surface area (Å²) in [6.07, 6.45) is -1.75. The first-order valence-electron chi connectivity index (χ1n) is 13.3. The molecule has 0 heterocycles. The second kappa shape index (κ2) is 10.2. The number of carbonyl (C=O) groups excluding carboxylic acids is 3. The minimum absolute atomic E-state index is 0.268. The van der Waals surface area contributed by atoms with E-state index >= 15 is 0 Å². The molecule has 2 saturated carbocycles. The van der Waals surface area contributed by atoms with Crippen molar-refractivity contribution in [1.29, 1.82) is 0 Å². The summed E-state index contributed by atoms with van der Waals surface area (Å²) in [5, 5.41) is 35.8. The molecule has 3 aliphatic carbocycles. The normalized spacial score (nSPS) is 36.2. The lowest BCUT2D eigenvalue weighted by Crippen LogP contribution is -2.69. The summed E-state index contributed by atoms with van der Waals surface area (Å²) < 4.78 is 11.4. The van der Waals surface area contributed by atoms with Gasteiger partial charge in [0.1, 0.15) is 17.8 Å². The number of allylic oxidation sites excluding steroid dienone is 1. The number of ether oxygens (including phenoxy) is 2. The highest BCUT2D eigenvalue weighted by atomic mass is 16.6. The van der Waals surface area contributed by atoms with Gasteiger partial charge in [-0.15, -0.1) is 0 Å². The average molecular weight is 539 g/mol. The van der Waals surface area contributed by atoms with Gasteiger partial charge in [0.25, 0.3) is 0 Å². The predicted octanol–water partition coefficient (Wildman–Crippen LogP) is 3.30. The molecule has 3 N–H and O–H groups in total. The third kappa shape index (κ3) is 4.68. The number of ketones is 1. The van der Waals surface area contributed by atoms with Gasteiger partial charge in [0.15, 0.2) is 11.9 Å². The van der Waals surface area contributed by atoms with Gasteiger partial charge in [-0.1, -0.05) is 57.7 Å². The molecular formula is C31H38O8. The van der Waals surface area contributed by atoms with Crippen molar-refractivity contribution in [2.45, 2.75) is 83.9 Å². The lowest BCUT2D eigenvalue weighted by Gasteiger charge is -2.61. The zero-order valence-corrected chi connectivity index (χ0v) is 23.1. The summed E-state index contributed by atoms with van der Waals surface area (Å²) in [6, 6.07) is 9.26. The van der Waals surface area contributed by atoms with Crippen LogP contribution in [0.2, 0.25) is 0 Å². The quantitative estimate of drug-likeness (QED) is 0.303. The average Bonchev–Trinajstić information content (AvgIpc) is 2.87. The van der Waals surface area contributed by atoms with Gasteiger partial charge < -0.3 is 24.8 Å². The van der Waals surface area contributed by atoms with Crippen LogP contribution in [0.3, 0.4) is 0 Å². The Balaban J connectivity index is 1.75. The van der Waals surface area contributed by atoms with Crippen molar-refractivity contribution >= 4 is 23.8 Å². The molecule has 1 aromatic carbocycles. The standard InChI is InChI=1S/C31H38O8/c1-17-21(33)16-31(37)27(35)25-18(2)22(39-23(34)13-12-20-10-8-7-9-11-20)14-15-30(25,6)28(36)26(38-19(3)32)24(17)29(31,4)5/h7-13,22,25-28,35-37H,2,14-16H2,1,3-6H3/t22-,25-,26+,27-,28-,30-,31+/m0/s1. The fraction of sp³-hybridized carbons (Fsp3) is 0.516. The predicted molar refractivity (Wildman–Crippen MR) is 144 cm³/mol. The van der Waals surface area contributed by atoms with Gasteiger partial charge in [0, 0.05) is 36.2 Å². The van der Waals surface area contributed by atoms with E-state index < -0.39 is 64.5 Å². The van der Waals surface area contributed by atoms with Crippen LogP contribution in [0.25, 0.3) is 6.08 Å². The topological polar surface area (TPSA) is 130 Å². The Kier molecular flexibility index (Phi) is 7.53. The fourth-order valence-electron chi connectivity index (χ4n) is 6.92.